The van der Waals surface area contributed by atoms with Crippen LogP contribution in [0.25, 0.3) is 0 Å². The van der Waals surface area contributed by atoms with Crippen molar-refractivity contribution in [1.29, 1.82) is 0 Å². The number of hydrogen-bond acceptors (Lipinski definition) is 4. The Balaban J connectivity index is 0.00000242. The number of benzene rings is 1. The van der Waals surface area contributed by atoms with Gasteiger partial charge < -0.3 is 20.7 Å². The van der Waals surface area contributed by atoms with Crippen LogP contribution in [-0.4, -0.2) is 49.0 Å². The van der Waals surface area contributed by atoms with Crippen LogP contribution in [0.3, 0.4) is 0 Å². The Labute approximate surface area is 136 Å². The van der Waals surface area contributed by atoms with Crippen molar-refractivity contribution in [2.75, 3.05) is 26.2 Å². The summed E-state index contributed by atoms with van der Waals surface area (Å²) in [6.07, 6.45) is 0.327. The first-order valence-corrected chi connectivity index (χ1v) is 7.10. The van der Waals surface area contributed by atoms with Crippen LogP contribution in [0.2, 0.25) is 0 Å². The van der Waals surface area contributed by atoms with E-state index in [-0.39, 0.29) is 18.3 Å². The van der Waals surface area contributed by atoms with E-state index in [1.807, 2.05) is 4.90 Å². The van der Waals surface area contributed by atoms with Crippen LogP contribution in [0.15, 0.2) is 24.3 Å². The van der Waals surface area contributed by atoms with E-state index < -0.39 is 5.91 Å². The van der Waals surface area contributed by atoms with Crippen molar-refractivity contribution in [3.05, 3.63) is 29.8 Å². The van der Waals surface area contributed by atoms with E-state index in [1.165, 1.54) is 0 Å². The molecule has 0 aromatic heterocycles. The molecule has 2 rings (SSSR count). The molecule has 7 heteroatoms. The quantitative estimate of drug-likeness (QED) is 0.837. The van der Waals surface area contributed by atoms with Gasteiger partial charge in [0, 0.05) is 31.2 Å². The van der Waals surface area contributed by atoms with Gasteiger partial charge in [0.2, 0.25) is 11.8 Å². The molecule has 1 aliphatic heterocycles. The lowest BCUT2D eigenvalue weighted by Crippen LogP contribution is -2.51. The molecule has 6 nitrogen and oxygen atoms in total. The smallest absolute Gasteiger partial charge is 0.248 e. The number of carbonyl (C=O) groups excluding carboxylic acids is 2. The number of primary amides is 1. The number of hydrogen-bond donors (Lipinski definition) is 2. The highest BCUT2D eigenvalue weighted by atomic mass is 35.5. The number of rotatable bonds is 5. The van der Waals surface area contributed by atoms with Crippen molar-refractivity contribution in [2.24, 2.45) is 5.73 Å². The van der Waals surface area contributed by atoms with Crippen LogP contribution in [0.4, 0.5) is 0 Å². The number of ether oxygens (including phenoxy) is 1. The molecule has 0 radical (unpaired) electrons. The molecule has 1 aromatic carbocycles. The number of nitrogens with one attached hydrogen (secondary N) is 1. The maximum absolute atomic E-state index is 12.1. The predicted octanol–water partition coefficient (Wildman–Crippen LogP) is 0.796. The third-order valence-corrected chi connectivity index (χ3v) is 3.42. The van der Waals surface area contributed by atoms with Crippen molar-refractivity contribution in [1.82, 2.24) is 10.2 Å². The summed E-state index contributed by atoms with van der Waals surface area (Å²) in [6, 6.07) is 6.98. The summed E-state index contributed by atoms with van der Waals surface area (Å²) in [4.78, 5) is 25.0. The summed E-state index contributed by atoms with van der Waals surface area (Å²) >= 11 is 0. The molecule has 2 amide bonds. The Morgan fingerprint density at radius 3 is 2.91 bits per heavy atom. The molecule has 1 unspecified atom stereocenters. The molecule has 122 valence electrons. The topological polar surface area (TPSA) is 84.7 Å². The van der Waals surface area contributed by atoms with Crippen molar-refractivity contribution < 1.29 is 14.3 Å². The van der Waals surface area contributed by atoms with Gasteiger partial charge in [-0.15, -0.1) is 12.4 Å². The van der Waals surface area contributed by atoms with E-state index in [4.69, 9.17) is 10.5 Å². The van der Waals surface area contributed by atoms with E-state index >= 15 is 0 Å². The average Bonchev–Trinajstić information content (AvgIpc) is 2.47. The van der Waals surface area contributed by atoms with Crippen molar-refractivity contribution in [3.63, 3.8) is 0 Å². The minimum absolute atomic E-state index is 0. The van der Waals surface area contributed by atoms with E-state index in [0.29, 0.717) is 30.4 Å². The molecule has 0 spiro atoms. The van der Waals surface area contributed by atoms with Crippen LogP contribution in [0.1, 0.15) is 23.7 Å². The van der Waals surface area contributed by atoms with Gasteiger partial charge in [-0.05, 0) is 25.1 Å². The van der Waals surface area contributed by atoms with Gasteiger partial charge in [-0.2, -0.15) is 0 Å². The molecule has 1 heterocycles. The van der Waals surface area contributed by atoms with E-state index in [0.717, 1.165) is 19.6 Å². The number of nitrogens with zero attached hydrogens (tertiary/aromatic N) is 1. The highest BCUT2D eigenvalue weighted by molar-refractivity contribution is 5.93. The lowest BCUT2D eigenvalue weighted by atomic mass is 10.2. The minimum atomic E-state index is -0.494. The lowest BCUT2D eigenvalue weighted by Gasteiger charge is -2.31. The van der Waals surface area contributed by atoms with Gasteiger partial charge in [0.15, 0.2) is 0 Å². The van der Waals surface area contributed by atoms with Gasteiger partial charge in [0.05, 0.1) is 13.0 Å². The van der Waals surface area contributed by atoms with Crippen LogP contribution >= 0.6 is 12.4 Å². The Kier molecular flexibility index (Phi) is 7.14. The number of carbonyl (C=O) groups is 2. The van der Waals surface area contributed by atoms with Crippen LogP contribution in [0.5, 0.6) is 5.75 Å². The van der Waals surface area contributed by atoms with Crippen molar-refractivity contribution in [3.8, 4) is 5.75 Å². The molecule has 0 saturated carbocycles. The maximum atomic E-state index is 12.1. The second-order valence-electron chi connectivity index (χ2n) is 5.19. The molecule has 3 N–H and O–H groups in total. The largest absolute Gasteiger partial charge is 0.493 e. The van der Waals surface area contributed by atoms with Crippen LogP contribution in [-0.2, 0) is 4.79 Å². The lowest BCUT2D eigenvalue weighted by molar-refractivity contribution is -0.132. The number of piperazine rings is 1. The molecule has 1 aliphatic rings. The zero-order valence-corrected chi connectivity index (χ0v) is 13.4. The SMILES string of the molecule is CC1CN(C(=O)CCOc2cccc(C(N)=O)c2)CCN1.Cl. The molecular weight excluding hydrogens is 306 g/mol. The first-order valence-electron chi connectivity index (χ1n) is 7.10. The van der Waals surface area contributed by atoms with Gasteiger partial charge >= 0.3 is 0 Å². The van der Waals surface area contributed by atoms with E-state index in [1.54, 1.807) is 24.3 Å². The van der Waals surface area contributed by atoms with E-state index in [9.17, 15) is 9.59 Å². The second kappa shape index (κ2) is 8.60. The average molecular weight is 328 g/mol. The van der Waals surface area contributed by atoms with Gasteiger partial charge in [-0.25, -0.2) is 0 Å². The third kappa shape index (κ3) is 5.20. The number of halogens is 1. The van der Waals surface area contributed by atoms with E-state index in [2.05, 4.69) is 12.2 Å². The summed E-state index contributed by atoms with van der Waals surface area (Å²) in [5.41, 5.74) is 5.61. The van der Waals surface area contributed by atoms with Crippen molar-refractivity contribution >= 4 is 24.2 Å². The number of nitrogens with two attached hydrogens (primary N) is 1. The van der Waals surface area contributed by atoms with Gasteiger partial charge in [0.25, 0.3) is 0 Å². The Hall–Kier alpha value is -1.79. The normalized spacial score (nSPS) is 17.5. The third-order valence-electron chi connectivity index (χ3n) is 3.42. The fraction of sp³-hybridized carbons (Fsp3) is 0.467. The zero-order valence-electron chi connectivity index (χ0n) is 12.6. The molecule has 22 heavy (non-hydrogen) atoms. The summed E-state index contributed by atoms with van der Waals surface area (Å²) < 4.78 is 5.51. The van der Waals surface area contributed by atoms with Gasteiger partial charge in [-0.3, -0.25) is 9.59 Å². The first kappa shape index (κ1) is 18.3. The van der Waals surface area contributed by atoms with Gasteiger partial charge in [0.1, 0.15) is 5.75 Å². The monoisotopic (exact) mass is 327 g/mol. The molecule has 1 saturated heterocycles. The molecule has 1 atom stereocenters. The fourth-order valence-corrected chi connectivity index (χ4v) is 2.31. The minimum Gasteiger partial charge on any atom is -0.493 e. The molecule has 1 aromatic rings. The predicted molar refractivity (Wildman–Crippen MR) is 86.4 cm³/mol. The summed E-state index contributed by atoms with van der Waals surface area (Å²) in [7, 11) is 0. The maximum Gasteiger partial charge on any atom is 0.248 e. The standard InChI is InChI=1S/C15H21N3O3.ClH/c1-11-10-18(7-6-17-11)14(19)5-8-21-13-4-2-3-12(9-13)15(16)20;/h2-4,9,11,17H,5-8,10H2,1H3,(H2,16,20);1H. The first-order chi connectivity index (χ1) is 10.1. The van der Waals surface area contributed by atoms with Crippen LogP contribution in [0, 0.1) is 0 Å². The van der Waals surface area contributed by atoms with Crippen molar-refractivity contribution in [2.45, 2.75) is 19.4 Å². The summed E-state index contributed by atoms with van der Waals surface area (Å²) in [5, 5.41) is 3.30. The summed E-state index contributed by atoms with van der Waals surface area (Å²) in [6.45, 7) is 4.65. The Morgan fingerprint density at radius 1 is 1.45 bits per heavy atom. The molecular formula is C15H22ClN3O3. The molecule has 1 fully saturated rings. The molecule has 0 bridgehead atoms. The number of amides is 2. The van der Waals surface area contributed by atoms with Crippen LogP contribution < -0.4 is 15.8 Å². The second-order valence-corrected chi connectivity index (χ2v) is 5.19. The highest BCUT2D eigenvalue weighted by Gasteiger charge is 2.20. The zero-order chi connectivity index (χ0) is 15.2. The van der Waals surface area contributed by atoms with Gasteiger partial charge in [-0.1, -0.05) is 6.07 Å². The molecule has 0 aliphatic carbocycles. The fourth-order valence-electron chi connectivity index (χ4n) is 2.31. The highest BCUT2D eigenvalue weighted by Crippen LogP contribution is 2.13. The Morgan fingerprint density at radius 2 is 2.23 bits per heavy atom. The summed E-state index contributed by atoms with van der Waals surface area (Å²) in [5.74, 6) is 0.147. The Bertz CT molecular complexity index is 525.